The quantitative estimate of drug-likeness (QED) is 0.125. The normalized spacial score (nSPS) is 10.6. The minimum absolute atomic E-state index is 0.532. The summed E-state index contributed by atoms with van der Waals surface area (Å²) >= 11 is -0.826. The Balaban J connectivity index is 0.000000214. The monoisotopic (exact) mass is 740 g/mol. The van der Waals surface area contributed by atoms with E-state index in [9.17, 15) is 0 Å². The van der Waals surface area contributed by atoms with Crippen LogP contribution in [0.25, 0.3) is 43.8 Å². The SMILES string of the molecule is C[Si]C.Cc1cc2c(-c3ccccc3C)c(C(C)C)ccc2[cH-]1.Cc1cc2c(-c3ccccc3C)c(C(C)C)ccc2[cH-]1.[Cl][Zr+2][Cl]. The van der Waals surface area contributed by atoms with E-state index in [1.165, 1.54) is 77.2 Å². The van der Waals surface area contributed by atoms with Gasteiger partial charge >= 0.3 is 37.9 Å². The molecule has 0 saturated carbocycles. The van der Waals surface area contributed by atoms with E-state index in [1.54, 1.807) is 0 Å². The predicted molar refractivity (Wildman–Crippen MR) is 206 cm³/mol. The molecule has 0 spiro atoms. The molecule has 2 radical (unpaired) electrons. The Morgan fingerprint density at radius 3 is 1.20 bits per heavy atom. The summed E-state index contributed by atoms with van der Waals surface area (Å²) in [5, 5.41) is 5.49. The van der Waals surface area contributed by atoms with Crippen LogP contribution in [0.15, 0.2) is 97.1 Å². The topological polar surface area (TPSA) is 0 Å². The zero-order valence-electron chi connectivity index (χ0n) is 29.1. The molecule has 0 aromatic heterocycles. The van der Waals surface area contributed by atoms with Crippen molar-refractivity contribution in [3.05, 3.63) is 130 Å². The van der Waals surface area contributed by atoms with Gasteiger partial charge in [-0.1, -0.05) is 125 Å². The Hall–Kier alpha value is -2.22. The zero-order chi connectivity index (χ0) is 34.0. The predicted octanol–water partition coefficient (Wildman–Crippen LogP) is 14.1. The van der Waals surface area contributed by atoms with E-state index in [0.717, 1.165) is 9.52 Å². The number of benzene rings is 4. The summed E-state index contributed by atoms with van der Waals surface area (Å²) in [5.74, 6) is 1.06. The molecule has 4 heteroatoms. The molecule has 0 atom stereocenters. The van der Waals surface area contributed by atoms with Crippen LogP contribution < -0.4 is 0 Å². The molecule has 0 unspecified atom stereocenters. The van der Waals surface area contributed by atoms with Gasteiger partial charge in [-0.3, -0.25) is 0 Å². The Bertz CT molecular complexity index is 1700. The molecule has 0 fully saturated rings. The first kappa shape index (κ1) is 38.2. The fraction of sp³-hybridized carbons (Fsp3) is 0.286. The molecular weight excluding hydrogens is 695 g/mol. The van der Waals surface area contributed by atoms with Crippen molar-refractivity contribution in [3.63, 3.8) is 0 Å². The molecule has 0 aliphatic carbocycles. The van der Waals surface area contributed by atoms with Crippen molar-refractivity contribution < 1.29 is 20.8 Å². The Labute approximate surface area is 299 Å². The van der Waals surface area contributed by atoms with Crippen LogP contribution in [0.1, 0.15) is 72.9 Å². The van der Waals surface area contributed by atoms with Crippen LogP contribution in [0.2, 0.25) is 13.1 Å². The van der Waals surface area contributed by atoms with Gasteiger partial charge < -0.3 is 0 Å². The van der Waals surface area contributed by atoms with Crippen molar-refractivity contribution in [2.24, 2.45) is 0 Å². The number of hydrogen-bond acceptors (Lipinski definition) is 0. The van der Waals surface area contributed by atoms with Crippen molar-refractivity contribution in [1.82, 2.24) is 0 Å². The summed E-state index contributed by atoms with van der Waals surface area (Å²) in [6.45, 7) is 22.2. The number of rotatable bonds is 4. The van der Waals surface area contributed by atoms with Crippen LogP contribution in [0, 0.1) is 27.7 Å². The Kier molecular flexibility index (Phi) is 15.3. The molecule has 0 nitrogen and oxygen atoms in total. The standard InChI is InChI=1S/2C20H21.C2H6Si.2ClH.Zr/c2*1-13(2)17-10-9-16-11-14(3)12-19(16)20(17)18-8-6-5-7-15(18)4;1-3-2;;;/h2*5-13H,1-4H3;1-2H3;2*1H;/q2*-1;;;;+4/p-2. The van der Waals surface area contributed by atoms with E-state index in [0.29, 0.717) is 11.8 Å². The number of hydrogen-bond donors (Lipinski definition) is 0. The Morgan fingerprint density at radius 2 is 0.891 bits per heavy atom. The van der Waals surface area contributed by atoms with Gasteiger partial charge in [-0.2, -0.15) is 12.1 Å². The van der Waals surface area contributed by atoms with Crippen LogP contribution in [0.5, 0.6) is 0 Å². The molecule has 6 aromatic rings. The van der Waals surface area contributed by atoms with Crippen molar-refractivity contribution >= 4 is 48.1 Å². The van der Waals surface area contributed by atoms with Crippen molar-refractivity contribution in [1.29, 1.82) is 0 Å². The van der Waals surface area contributed by atoms with Gasteiger partial charge in [-0.25, -0.2) is 0 Å². The number of halogens is 2. The maximum atomic E-state index is 4.93. The van der Waals surface area contributed by atoms with Gasteiger partial charge in [0.05, 0.1) is 0 Å². The van der Waals surface area contributed by atoms with Crippen LogP contribution in [0.3, 0.4) is 0 Å². The third-order valence-corrected chi connectivity index (χ3v) is 8.21. The molecule has 0 amide bonds. The van der Waals surface area contributed by atoms with Gasteiger partial charge in [0.1, 0.15) is 0 Å². The first-order valence-electron chi connectivity index (χ1n) is 16.1. The second-order valence-corrected chi connectivity index (χ2v) is 17.4. The van der Waals surface area contributed by atoms with Crippen molar-refractivity contribution in [3.8, 4) is 22.3 Å². The maximum absolute atomic E-state index is 4.93. The first-order valence-corrected chi connectivity index (χ1v) is 24.4. The number of fused-ring (bicyclic) bond motifs is 2. The summed E-state index contributed by atoms with van der Waals surface area (Å²) < 4.78 is 0. The van der Waals surface area contributed by atoms with Crippen LogP contribution >= 0.6 is 17.0 Å². The van der Waals surface area contributed by atoms with Gasteiger partial charge in [-0.15, -0.1) is 69.1 Å². The van der Waals surface area contributed by atoms with Gasteiger partial charge in [0.2, 0.25) is 0 Å². The molecule has 0 bridgehead atoms. The Morgan fingerprint density at radius 1 is 0.565 bits per heavy atom. The molecule has 238 valence electrons. The average molecular weight is 743 g/mol. The van der Waals surface area contributed by atoms with Crippen LogP contribution in [-0.4, -0.2) is 9.52 Å². The summed E-state index contributed by atoms with van der Waals surface area (Å²) in [5.41, 5.74) is 13.8. The van der Waals surface area contributed by atoms with E-state index in [-0.39, 0.29) is 0 Å². The van der Waals surface area contributed by atoms with E-state index in [4.69, 9.17) is 17.0 Å². The third kappa shape index (κ3) is 9.44. The summed E-state index contributed by atoms with van der Waals surface area (Å²) in [7, 11) is 11.0. The van der Waals surface area contributed by atoms with E-state index in [1.807, 2.05) is 0 Å². The summed E-state index contributed by atoms with van der Waals surface area (Å²) in [4.78, 5) is 0. The van der Waals surface area contributed by atoms with Gasteiger partial charge in [-0.05, 0) is 47.9 Å². The first-order chi connectivity index (χ1) is 22.0. The molecule has 46 heavy (non-hydrogen) atoms. The third-order valence-electron chi connectivity index (χ3n) is 8.21. The minimum atomic E-state index is -0.826. The average Bonchev–Trinajstić information content (AvgIpc) is 3.58. The molecule has 0 aliphatic heterocycles. The van der Waals surface area contributed by atoms with Gasteiger partial charge in [0.25, 0.3) is 0 Å². The fourth-order valence-corrected chi connectivity index (χ4v) is 6.17. The molecule has 0 saturated heterocycles. The summed E-state index contributed by atoms with van der Waals surface area (Å²) in [6.07, 6.45) is 0. The second kappa shape index (κ2) is 18.4. The fourth-order valence-electron chi connectivity index (χ4n) is 6.17. The zero-order valence-corrected chi connectivity index (χ0v) is 34.1. The second-order valence-electron chi connectivity index (χ2n) is 12.6. The summed E-state index contributed by atoms with van der Waals surface area (Å²) in [6, 6.07) is 35.7. The van der Waals surface area contributed by atoms with Gasteiger partial charge in [0.15, 0.2) is 0 Å². The molecular formula is C42H48Cl2SiZr. The van der Waals surface area contributed by atoms with Crippen LogP contribution in [-0.2, 0) is 20.8 Å². The number of aryl methyl sites for hydroxylation is 4. The van der Waals surface area contributed by atoms with E-state index < -0.39 is 20.8 Å². The molecule has 6 aromatic carbocycles. The molecule has 6 rings (SSSR count). The van der Waals surface area contributed by atoms with Crippen molar-refractivity contribution in [2.45, 2.75) is 80.3 Å². The van der Waals surface area contributed by atoms with Crippen molar-refractivity contribution in [2.75, 3.05) is 0 Å². The van der Waals surface area contributed by atoms with E-state index in [2.05, 4.69) is 166 Å². The van der Waals surface area contributed by atoms with Crippen LogP contribution in [0.4, 0.5) is 0 Å². The molecule has 0 heterocycles. The van der Waals surface area contributed by atoms with E-state index >= 15 is 0 Å². The molecule has 0 N–H and O–H groups in total. The van der Waals surface area contributed by atoms with Gasteiger partial charge in [0, 0.05) is 9.52 Å². The molecule has 0 aliphatic rings.